The van der Waals surface area contributed by atoms with Gasteiger partial charge in [-0.05, 0) is 48.7 Å². The molecule has 0 aliphatic heterocycles. The third-order valence-corrected chi connectivity index (χ3v) is 7.02. The van der Waals surface area contributed by atoms with E-state index in [1.807, 2.05) is 41.8 Å². The molecule has 0 aliphatic rings. The Bertz CT molecular complexity index is 1140. The van der Waals surface area contributed by atoms with Gasteiger partial charge < -0.3 is 19.5 Å². The second-order valence-corrected chi connectivity index (χ2v) is 9.58. The summed E-state index contributed by atoms with van der Waals surface area (Å²) in [4.78, 5) is 25.5. The first-order chi connectivity index (χ1) is 15.9. The summed E-state index contributed by atoms with van der Waals surface area (Å²) < 4.78 is 17.7. The van der Waals surface area contributed by atoms with E-state index in [2.05, 4.69) is 37.2 Å². The van der Waals surface area contributed by atoms with Crippen molar-refractivity contribution in [1.82, 2.24) is 0 Å². The molecule has 0 aliphatic carbocycles. The summed E-state index contributed by atoms with van der Waals surface area (Å²) in [5.41, 5.74) is 2.87. The van der Waals surface area contributed by atoms with Crippen LogP contribution in [0.15, 0.2) is 50.7 Å². The zero-order chi connectivity index (χ0) is 24.0. The summed E-state index contributed by atoms with van der Waals surface area (Å²) in [5, 5.41) is 5.22. The van der Waals surface area contributed by atoms with E-state index in [1.54, 1.807) is 21.1 Å². The Hall–Kier alpha value is -2.36. The lowest BCUT2D eigenvalue weighted by molar-refractivity contribution is -0.116. The predicted molar refractivity (Wildman–Crippen MR) is 138 cm³/mol. The van der Waals surface area contributed by atoms with Crippen LogP contribution in [0, 0.1) is 0 Å². The van der Waals surface area contributed by atoms with Crippen molar-refractivity contribution in [3.05, 3.63) is 61.9 Å². The van der Waals surface area contributed by atoms with E-state index in [1.165, 1.54) is 11.3 Å². The predicted octanol–water partition coefficient (Wildman–Crippen LogP) is 6.71. The smallest absolute Gasteiger partial charge is 0.341 e. The standard InChI is InChI=1S/C24H23Br2NO5S/c1-4-32-24(29)22-17(14-5-8-16(25)9-6-14)13-33-23(22)27-21(28)10-7-15-11-19(30-2)20(31-3)12-18(15)26/h5-6,8-9,11-13H,4,7,10H2,1-3H3,(H,27,28). The monoisotopic (exact) mass is 595 g/mol. The molecule has 0 bridgehead atoms. The molecule has 0 saturated heterocycles. The van der Waals surface area contributed by atoms with Crippen molar-refractivity contribution in [2.45, 2.75) is 19.8 Å². The SMILES string of the molecule is CCOC(=O)c1c(-c2ccc(Br)cc2)csc1NC(=O)CCc1cc(OC)c(OC)cc1Br. The summed E-state index contributed by atoms with van der Waals surface area (Å²) in [6.07, 6.45) is 0.703. The summed E-state index contributed by atoms with van der Waals surface area (Å²) in [5.74, 6) is 0.537. The number of ether oxygens (including phenoxy) is 3. The van der Waals surface area contributed by atoms with Gasteiger partial charge in [0.15, 0.2) is 11.5 Å². The third kappa shape index (κ3) is 6.16. The molecule has 0 fully saturated rings. The van der Waals surface area contributed by atoms with Crippen molar-refractivity contribution in [3.63, 3.8) is 0 Å². The van der Waals surface area contributed by atoms with Gasteiger partial charge >= 0.3 is 5.97 Å². The summed E-state index contributed by atoms with van der Waals surface area (Å²) in [6, 6.07) is 11.3. The lowest BCUT2D eigenvalue weighted by Crippen LogP contribution is -2.15. The minimum Gasteiger partial charge on any atom is -0.493 e. The van der Waals surface area contributed by atoms with E-state index >= 15 is 0 Å². The average molecular weight is 597 g/mol. The zero-order valence-electron chi connectivity index (χ0n) is 18.4. The van der Waals surface area contributed by atoms with Crippen molar-refractivity contribution in [2.24, 2.45) is 0 Å². The molecule has 1 aromatic heterocycles. The molecule has 9 heteroatoms. The molecule has 2 aromatic carbocycles. The fraction of sp³-hybridized carbons (Fsp3) is 0.250. The van der Waals surface area contributed by atoms with E-state index in [9.17, 15) is 9.59 Å². The molecule has 0 spiro atoms. The highest BCUT2D eigenvalue weighted by Crippen LogP contribution is 2.37. The minimum atomic E-state index is -0.463. The Morgan fingerprint density at radius 2 is 1.70 bits per heavy atom. The zero-order valence-corrected chi connectivity index (χ0v) is 22.4. The lowest BCUT2D eigenvalue weighted by Gasteiger charge is -2.12. The number of methoxy groups -OCH3 is 2. The van der Waals surface area contributed by atoms with E-state index in [4.69, 9.17) is 14.2 Å². The van der Waals surface area contributed by atoms with Crippen molar-refractivity contribution >= 4 is 60.1 Å². The number of esters is 1. The van der Waals surface area contributed by atoms with Crippen LogP contribution >= 0.6 is 43.2 Å². The Labute approximate surface area is 213 Å². The first-order valence-corrected chi connectivity index (χ1v) is 12.6. The maximum Gasteiger partial charge on any atom is 0.341 e. The van der Waals surface area contributed by atoms with Crippen molar-refractivity contribution in [2.75, 3.05) is 26.1 Å². The quantitative estimate of drug-likeness (QED) is 0.278. The number of rotatable bonds is 9. The topological polar surface area (TPSA) is 73.9 Å². The molecule has 174 valence electrons. The van der Waals surface area contributed by atoms with Crippen LogP contribution in [0.1, 0.15) is 29.3 Å². The number of nitrogens with one attached hydrogen (secondary N) is 1. The van der Waals surface area contributed by atoms with Crippen molar-refractivity contribution in [1.29, 1.82) is 0 Å². The molecule has 0 saturated carbocycles. The highest BCUT2D eigenvalue weighted by molar-refractivity contribution is 9.10. The fourth-order valence-corrected chi connectivity index (χ4v) is 4.98. The van der Waals surface area contributed by atoms with Crippen LogP contribution in [-0.2, 0) is 16.0 Å². The number of carbonyl (C=O) groups is 2. The van der Waals surface area contributed by atoms with Gasteiger partial charge in [0.1, 0.15) is 10.6 Å². The van der Waals surface area contributed by atoms with Gasteiger partial charge in [0, 0.05) is 26.3 Å². The third-order valence-electron chi connectivity index (χ3n) is 4.85. The summed E-state index contributed by atoms with van der Waals surface area (Å²) in [6.45, 7) is 2.00. The maximum absolute atomic E-state index is 12.8. The molecule has 1 heterocycles. The van der Waals surface area contributed by atoms with E-state index in [0.717, 1.165) is 25.6 Å². The number of anilines is 1. The number of hydrogen-bond donors (Lipinski definition) is 1. The molecule has 33 heavy (non-hydrogen) atoms. The van der Waals surface area contributed by atoms with Gasteiger partial charge in [-0.1, -0.05) is 44.0 Å². The summed E-state index contributed by atoms with van der Waals surface area (Å²) in [7, 11) is 3.14. The number of thiophene rings is 1. The fourth-order valence-electron chi connectivity index (χ4n) is 3.22. The molecule has 6 nitrogen and oxygen atoms in total. The molecule has 0 radical (unpaired) electrons. The molecule has 1 N–H and O–H groups in total. The van der Waals surface area contributed by atoms with Crippen molar-refractivity contribution in [3.8, 4) is 22.6 Å². The molecule has 0 atom stereocenters. The van der Waals surface area contributed by atoms with Crippen LogP contribution in [0.4, 0.5) is 5.00 Å². The lowest BCUT2D eigenvalue weighted by atomic mass is 10.0. The molecule has 1 amide bonds. The van der Waals surface area contributed by atoms with Gasteiger partial charge in [0.25, 0.3) is 0 Å². The molecule has 3 aromatic rings. The van der Waals surface area contributed by atoms with Crippen LogP contribution in [0.2, 0.25) is 0 Å². The highest BCUT2D eigenvalue weighted by Gasteiger charge is 2.23. The largest absolute Gasteiger partial charge is 0.493 e. The van der Waals surface area contributed by atoms with Gasteiger partial charge in [-0.15, -0.1) is 11.3 Å². The minimum absolute atomic E-state index is 0.202. The molecule has 0 unspecified atom stereocenters. The van der Waals surface area contributed by atoms with Gasteiger partial charge in [-0.3, -0.25) is 4.79 Å². The van der Waals surface area contributed by atoms with Crippen LogP contribution in [-0.4, -0.2) is 32.7 Å². The average Bonchev–Trinajstić information content (AvgIpc) is 3.22. The van der Waals surface area contributed by atoms with Crippen LogP contribution in [0.3, 0.4) is 0 Å². The van der Waals surface area contributed by atoms with E-state index in [0.29, 0.717) is 28.5 Å². The number of halogens is 2. The molecular weight excluding hydrogens is 574 g/mol. The van der Waals surface area contributed by atoms with Gasteiger partial charge in [-0.2, -0.15) is 0 Å². The Balaban J connectivity index is 1.79. The number of carbonyl (C=O) groups excluding carboxylic acids is 2. The van der Waals surface area contributed by atoms with E-state index in [-0.39, 0.29) is 18.9 Å². The van der Waals surface area contributed by atoms with Crippen LogP contribution in [0.5, 0.6) is 11.5 Å². The van der Waals surface area contributed by atoms with Gasteiger partial charge in [0.2, 0.25) is 5.91 Å². The maximum atomic E-state index is 12.8. The Kier molecular flexibility index (Phi) is 8.94. The van der Waals surface area contributed by atoms with Crippen LogP contribution in [0.25, 0.3) is 11.1 Å². The Morgan fingerprint density at radius 1 is 1.03 bits per heavy atom. The second-order valence-electron chi connectivity index (χ2n) is 6.93. The first-order valence-electron chi connectivity index (χ1n) is 10.1. The number of benzene rings is 2. The first kappa shape index (κ1) is 25.3. The molecule has 3 rings (SSSR count). The van der Waals surface area contributed by atoms with Crippen molar-refractivity contribution < 1.29 is 23.8 Å². The van der Waals surface area contributed by atoms with Crippen LogP contribution < -0.4 is 14.8 Å². The number of hydrogen-bond acceptors (Lipinski definition) is 6. The number of amides is 1. The van der Waals surface area contributed by atoms with E-state index < -0.39 is 5.97 Å². The summed E-state index contributed by atoms with van der Waals surface area (Å²) >= 11 is 8.25. The highest BCUT2D eigenvalue weighted by atomic mass is 79.9. The Morgan fingerprint density at radius 3 is 2.33 bits per heavy atom. The van der Waals surface area contributed by atoms with Gasteiger partial charge in [-0.25, -0.2) is 4.79 Å². The van der Waals surface area contributed by atoms with Gasteiger partial charge in [0.05, 0.1) is 20.8 Å². The number of aryl methyl sites for hydroxylation is 1. The normalized spacial score (nSPS) is 10.6. The molecular formula is C24H23Br2NO5S. The second kappa shape index (κ2) is 11.7.